The molecule has 3 aromatic rings. The van der Waals surface area contributed by atoms with Gasteiger partial charge in [-0.3, -0.25) is 0 Å². The minimum absolute atomic E-state index is 0.570. The number of tetrazole rings is 1. The quantitative estimate of drug-likeness (QED) is 0.757. The molecule has 0 aliphatic carbocycles. The summed E-state index contributed by atoms with van der Waals surface area (Å²) in [5.74, 6) is 0.570. The van der Waals surface area contributed by atoms with Crippen molar-refractivity contribution in [3.63, 3.8) is 0 Å². The van der Waals surface area contributed by atoms with Crippen molar-refractivity contribution in [2.75, 3.05) is 5.32 Å². The lowest BCUT2D eigenvalue weighted by molar-refractivity contribution is 0.515. The Hall–Kier alpha value is -2.69. The van der Waals surface area contributed by atoms with Crippen LogP contribution in [0.1, 0.15) is 18.9 Å². The van der Waals surface area contributed by atoms with Gasteiger partial charge in [0.05, 0.1) is 6.54 Å². The average molecular weight is 293 g/mol. The Balaban J connectivity index is 1.61. The summed E-state index contributed by atoms with van der Waals surface area (Å²) < 4.78 is 0. The van der Waals surface area contributed by atoms with E-state index in [0.717, 1.165) is 13.0 Å². The number of aromatic nitrogens is 4. The zero-order valence-electron chi connectivity index (χ0n) is 12.6. The van der Waals surface area contributed by atoms with Crippen LogP contribution in [0.15, 0.2) is 54.6 Å². The fourth-order valence-corrected chi connectivity index (χ4v) is 2.24. The largest absolute Gasteiger partial charge is 0.348 e. The van der Waals surface area contributed by atoms with E-state index in [2.05, 4.69) is 76.2 Å². The van der Waals surface area contributed by atoms with E-state index in [1.165, 1.54) is 16.7 Å². The van der Waals surface area contributed by atoms with Crippen molar-refractivity contribution in [2.45, 2.75) is 26.4 Å². The molecule has 0 saturated carbocycles. The van der Waals surface area contributed by atoms with Crippen molar-refractivity contribution in [3.8, 4) is 11.1 Å². The minimum Gasteiger partial charge on any atom is -0.348 e. The van der Waals surface area contributed by atoms with Gasteiger partial charge in [0.15, 0.2) is 0 Å². The maximum atomic E-state index is 4.26. The number of rotatable bonds is 6. The summed E-state index contributed by atoms with van der Waals surface area (Å²) in [7, 11) is 0. The summed E-state index contributed by atoms with van der Waals surface area (Å²) in [4.78, 5) is 1.61. The van der Waals surface area contributed by atoms with Crippen LogP contribution in [0.25, 0.3) is 11.1 Å². The van der Waals surface area contributed by atoms with Gasteiger partial charge in [-0.05, 0) is 28.3 Å². The second-order valence-corrected chi connectivity index (χ2v) is 5.13. The molecular formula is C17H19N5. The SMILES string of the molecule is CCCn1nnc(NCc2ccc(-c3ccccc3)cc2)n1. The van der Waals surface area contributed by atoms with Crippen LogP contribution in [-0.2, 0) is 13.1 Å². The molecule has 0 radical (unpaired) electrons. The first kappa shape index (κ1) is 14.3. The Morgan fingerprint density at radius 3 is 2.41 bits per heavy atom. The van der Waals surface area contributed by atoms with Gasteiger partial charge in [-0.15, -0.1) is 5.10 Å². The molecule has 3 rings (SSSR count). The highest BCUT2D eigenvalue weighted by Crippen LogP contribution is 2.19. The summed E-state index contributed by atoms with van der Waals surface area (Å²) in [6, 6.07) is 18.9. The van der Waals surface area contributed by atoms with Crippen LogP contribution in [-0.4, -0.2) is 20.2 Å². The van der Waals surface area contributed by atoms with E-state index in [1.54, 1.807) is 4.80 Å². The van der Waals surface area contributed by atoms with Crippen LogP contribution in [0, 0.1) is 0 Å². The predicted octanol–water partition coefficient (Wildman–Crippen LogP) is 3.36. The molecule has 0 spiro atoms. The number of hydrogen-bond acceptors (Lipinski definition) is 4. The van der Waals surface area contributed by atoms with Gasteiger partial charge in [-0.1, -0.05) is 66.6 Å². The Bertz CT molecular complexity index is 703. The van der Waals surface area contributed by atoms with Crippen molar-refractivity contribution in [1.82, 2.24) is 20.2 Å². The third-order valence-corrected chi connectivity index (χ3v) is 3.39. The Kier molecular flexibility index (Phi) is 4.44. The molecule has 0 aliphatic rings. The first-order valence-corrected chi connectivity index (χ1v) is 7.51. The highest BCUT2D eigenvalue weighted by Gasteiger charge is 2.02. The molecular weight excluding hydrogens is 274 g/mol. The Morgan fingerprint density at radius 1 is 0.955 bits per heavy atom. The zero-order valence-corrected chi connectivity index (χ0v) is 12.6. The lowest BCUT2D eigenvalue weighted by atomic mass is 10.0. The molecule has 1 N–H and O–H groups in total. The smallest absolute Gasteiger partial charge is 0.263 e. The van der Waals surface area contributed by atoms with Gasteiger partial charge in [-0.25, -0.2) is 0 Å². The van der Waals surface area contributed by atoms with Crippen molar-refractivity contribution in [3.05, 3.63) is 60.2 Å². The molecule has 0 aliphatic heterocycles. The molecule has 2 aromatic carbocycles. The molecule has 0 unspecified atom stereocenters. The van der Waals surface area contributed by atoms with Gasteiger partial charge in [-0.2, -0.15) is 4.80 Å². The van der Waals surface area contributed by atoms with Gasteiger partial charge < -0.3 is 5.32 Å². The number of anilines is 1. The Labute approximate surface area is 130 Å². The second-order valence-electron chi connectivity index (χ2n) is 5.13. The number of nitrogens with one attached hydrogen (secondary N) is 1. The molecule has 0 saturated heterocycles. The number of nitrogens with zero attached hydrogens (tertiary/aromatic N) is 4. The van der Waals surface area contributed by atoms with E-state index >= 15 is 0 Å². The molecule has 1 heterocycles. The predicted molar refractivity (Wildman–Crippen MR) is 87.3 cm³/mol. The third-order valence-electron chi connectivity index (χ3n) is 3.39. The first-order valence-electron chi connectivity index (χ1n) is 7.51. The van der Waals surface area contributed by atoms with E-state index in [9.17, 15) is 0 Å². The molecule has 0 amide bonds. The highest BCUT2D eigenvalue weighted by atomic mass is 15.6. The summed E-state index contributed by atoms with van der Waals surface area (Å²) in [5.41, 5.74) is 3.63. The molecule has 0 bridgehead atoms. The van der Waals surface area contributed by atoms with Crippen LogP contribution in [0.4, 0.5) is 5.95 Å². The van der Waals surface area contributed by atoms with Gasteiger partial charge in [0.1, 0.15) is 0 Å². The van der Waals surface area contributed by atoms with E-state index in [0.29, 0.717) is 12.5 Å². The fourth-order valence-electron chi connectivity index (χ4n) is 2.24. The van der Waals surface area contributed by atoms with Gasteiger partial charge in [0, 0.05) is 6.54 Å². The molecule has 1 aromatic heterocycles. The van der Waals surface area contributed by atoms with Crippen LogP contribution in [0.3, 0.4) is 0 Å². The maximum Gasteiger partial charge on any atom is 0.263 e. The number of aryl methyl sites for hydroxylation is 1. The van der Waals surface area contributed by atoms with Crippen LogP contribution < -0.4 is 5.32 Å². The third kappa shape index (κ3) is 3.49. The fraction of sp³-hybridized carbons (Fsp3) is 0.235. The van der Waals surface area contributed by atoms with Crippen molar-refractivity contribution in [2.24, 2.45) is 0 Å². The van der Waals surface area contributed by atoms with Crippen LogP contribution in [0.2, 0.25) is 0 Å². The first-order chi connectivity index (χ1) is 10.8. The van der Waals surface area contributed by atoms with Crippen LogP contribution in [0.5, 0.6) is 0 Å². The second kappa shape index (κ2) is 6.85. The van der Waals surface area contributed by atoms with E-state index in [-0.39, 0.29) is 0 Å². The molecule has 5 heteroatoms. The number of hydrogen-bond donors (Lipinski definition) is 1. The van der Waals surface area contributed by atoms with Gasteiger partial charge >= 0.3 is 0 Å². The average Bonchev–Trinajstić information content (AvgIpc) is 3.02. The summed E-state index contributed by atoms with van der Waals surface area (Å²) >= 11 is 0. The van der Waals surface area contributed by atoms with Crippen molar-refractivity contribution < 1.29 is 0 Å². The normalized spacial score (nSPS) is 10.6. The van der Waals surface area contributed by atoms with Crippen molar-refractivity contribution in [1.29, 1.82) is 0 Å². The van der Waals surface area contributed by atoms with E-state index < -0.39 is 0 Å². The lowest BCUT2D eigenvalue weighted by Crippen LogP contribution is -2.03. The highest BCUT2D eigenvalue weighted by molar-refractivity contribution is 5.63. The molecule has 22 heavy (non-hydrogen) atoms. The molecule has 0 fully saturated rings. The minimum atomic E-state index is 0.570. The summed E-state index contributed by atoms with van der Waals surface area (Å²) in [5, 5.41) is 15.4. The monoisotopic (exact) mass is 293 g/mol. The van der Waals surface area contributed by atoms with Crippen molar-refractivity contribution >= 4 is 5.95 Å². The van der Waals surface area contributed by atoms with Crippen LogP contribution >= 0.6 is 0 Å². The summed E-state index contributed by atoms with van der Waals surface area (Å²) in [6.07, 6.45) is 0.997. The lowest BCUT2D eigenvalue weighted by Gasteiger charge is -2.05. The van der Waals surface area contributed by atoms with E-state index in [1.807, 2.05) is 6.07 Å². The zero-order chi connectivity index (χ0) is 15.2. The standard InChI is InChI=1S/C17H19N5/c1-2-12-22-20-17(19-21-22)18-13-14-8-10-16(11-9-14)15-6-4-3-5-7-15/h3-11H,2,12-13H2,1H3,(H,18,20). The van der Waals surface area contributed by atoms with E-state index in [4.69, 9.17) is 0 Å². The topological polar surface area (TPSA) is 55.6 Å². The molecule has 112 valence electrons. The Morgan fingerprint density at radius 2 is 1.68 bits per heavy atom. The van der Waals surface area contributed by atoms with Gasteiger partial charge in [0.2, 0.25) is 0 Å². The summed E-state index contributed by atoms with van der Waals surface area (Å²) in [6.45, 7) is 3.57. The maximum absolute atomic E-state index is 4.26. The number of benzene rings is 2. The van der Waals surface area contributed by atoms with Gasteiger partial charge in [0.25, 0.3) is 5.95 Å². The molecule has 0 atom stereocenters. The molecule has 5 nitrogen and oxygen atoms in total.